The van der Waals surface area contributed by atoms with Gasteiger partial charge in [0.1, 0.15) is 11.5 Å². The third-order valence-corrected chi connectivity index (χ3v) is 20.0. The summed E-state index contributed by atoms with van der Waals surface area (Å²) in [6.07, 6.45) is 0. The summed E-state index contributed by atoms with van der Waals surface area (Å²) in [4.78, 5) is 0. The van der Waals surface area contributed by atoms with Crippen LogP contribution in [-0.2, 0) is 5.41 Å². The molecule has 314 valence electrons. The molecule has 0 unspecified atom stereocenters. The standard InChI is InChI=1S/C39H32OP2.C21H21P/c1-39(2)33-25-15-27-35(41(29-17-7-3-8-18-29)30-19-9-4-10-20-30)37(33)40-38-34(39)26-16-28-36(38)42(31-21-11-5-12-22-31)32-23-13-6-14-24-32;1-16-10-4-7-13-19(16)22(20-14-8-5-11-17(20)2)21-15-9-6-12-18(21)3/h3-28H,1-2H3;4-15H,1-3H3. The van der Waals surface area contributed by atoms with Crippen molar-refractivity contribution in [2.75, 3.05) is 0 Å². The molecule has 1 nitrogen and oxygen atoms in total. The molecule has 0 saturated carbocycles. The Morgan fingerprint density at radius 2 is 0.547 bits per heavy atom. The maximum absolute atomic E-state index is 7.26. The van der Waals surface area contributed by atoms with Crippen LogP contribution in [0, 0.1) is 20.8 Å². The Bertz CT molecular complexity index is 2660. The molecule has 9 aromatic rings. The molecule has 0 saturated heterocycles. The smallest absolute Gasteiger partial charge is 0.139 e. The summed E-state index contributed by atoms with van der Waals surface area (Å²) < 4.78 is 7.26. The molecule has 0 amide bonds. The summed E-state index contributed by atoms with van der Waals surface area (Å²) in [5.41, 5.74) is 6.39. The Kier molecular flexibility index (Phi) is 13.2. The number of aryl methyl sites for hydroxylation is 3. The maximum atomic E-state index is 7.26. The van der Waals surface area contributed by atoms with Crippen LogP contribution in [0.2, 0.25) is 0 Å². The molecule has 0 bridgehead atoms. The lowest BCUT2D eigenvalue weighted by atomic mass is 9.76. The molecule has 9 aromatic carbocycles. The van der Waals surface area contributed by atoms with Gasteiger partial charge >= 0.3 is 0 Å². The molecule has 1 aliphatic heterocycles. The monoisotopic (exact) mass is 882 g/mol. The fraction of sp³-hybridized carbons (Fsp3) is 0.100. The van der Waals surface area contributed by atoms with Crippen LogP contribution in [0.4, 0.5) is 0 Å². The van der Waals surface area contributed by atoms with E-state index in [1.807, 2.05) is 0 Å². The van der Waals surface area contributed by atoms with Crippen LogP contribution in [0.3, 0.4) is 0 Å². The van der Waals surface area contributed by atoms with Gasteiger partial charge in [-0.3, -0.25) is 0 Å². The van der Waals surface area contributed by atoms with Gasteiger partial charge in [-0.05, 0) is 98.4 Å². The van der Waals surface area contributed by atoms with Crippen LogP contribution in [0.25, 0.3) is 0 Å². The predicted octanol–water partition coefficient (Wildman–Crippen LogP) is 12.0. The van der Waals surface area contributed by atoms with E-state index in [9.17, 15) is 0 Å². The lowest BCUT2D eigenvalue weighted by Gasteiger charge is -2.38. The van der Waals surface area contributed by atoms with Gasteiger partial charge in [0.15, 0.2) is 0 Å². The highest BCUT2D eigenvalue weighted by Crippen LogP contribution is 2.52. The van der Waals surface area contributed by atoms with E-state index in [0.29, 0.717) is 0 Å². The van der Waals surface area contributed by atoms with E-state index >= 15 is 0 Å². The second kappa shape index (κ2) is 19.4. The summed E-state index contributed by atoms with van der Waals surface area (Å²) in [7, 11) is -2.16. The summed E-state index contributed by atoms with van der Waals surface area (Å²) in [6, 6.07) is 83.6. The Morgan fingerprint density at radius 1 is 0.281 bits per heavy atom. The minimum Gasteiger partial charge on any atom is -0.455 e. The van der Waals surface area contributed by atoms with Crippen molar-refractivity contribution in [1.82, 2.24) is 0 Å². The fourth-order valence-electron chi connectivity index (χ4n) is 8.84. The molecule has 64 heavy (non-hydrogen) atoms. The zero-order chi connectivity index (χ0) is 44.0. The van der Waals surface area contributed by atoms with Gasteiger partial charge < -0.3 is 4.74 Å². The molecular formula is C60H53OP3. The van der Waals surface area contributed by atoms with Gasteiger partial charge in [-0.25, -0.2) is 0 Å². The second-order valence-corrected chi connectivity index (χ2v) is 23.2. The van der Waals surface area contributed by atoms with Gasteiger partial charge in [0.25, 0.3) is 0 Å². The van der Waals surface area contributed by atoms with Crippen molar-refractivity contribution in [3.8, 4) is 11.5 Å². The molecule has 4 heteroatoms. The van der Waals surface area contributed by atoms with E-state index in [0.717, 1.165) is 11.5 Å². The van der Waals surface area contributed by atoms with Crippen LogP contribution >= 0.6 is 23.8 Å². The number of benzene rings is 9. The van der Waals surface area contributed by atoms with E-state index in [1.165, 1.54) is 75.6 Å². The van der Waals surface area contributed by atoms with E-state index in [1.54, 1.807) is 0 Å². The molecule has 0 spiro atoms. The Morgan fingerprint density at radius 3 is 0.844 bits per heavy atom. The molecule has 0 radical (unpaired) electrons. The van der Waals surface area contributed by atoms with Crippen LogP contribution in [0.5, 0.6) is 11.5 Å². The third-order valence-electron chi connectivity index (χ3n) is 12.1. The zero-order valence-electron chi connectivity index (χ0n) is 37.2. The van der Waals surface area contributed by atoms with E-state index in [2.05, 4.69) is 265 Å². The highest BCUT2D eigenvalue weighted by atomic mass is 31.1. The largest absolute Gasteiger partial charge is 0.455 e. The molecule has 0 fully saturated rings. The molecule has 0 aromatic heterocycles. The first-order valence-electron chi connectivity index (χ1n) is 22.0. The molecule has 10 rings (SSSR count). The first-order chi connectivity index (χ1) is 31.3. The number of hydrogen-bond donors (Lipinski definition) is 0. The SMILES string of the molecule is CC1(C)c2cccc(P(c3ccccc3)c3ccccc3)c2Oc2c(P(c3ccccc3)c3ccccc3)cccc21.Cc1ccccc1P(c1ccccc1C)c1ccccc1C. The van der Waals surface area contributed by atoms with E-state index in [-0.39, 0.29) is 5.41 Å². The van der Waals surface area contributed by atoms with Crippen molar-refractivity contribution < 1.29 is 4.74 Å². The van der Waals surface area contributed by atoms with Gasteiger partial charge in [0.05, 0.1) is 0 Å². The van der Waals surface area contributed by atoms with Crippen molar-refractivity contribution in [3.63, 3.8) is 0 Å². The normalized spacial score (nSPS) is 12.5. The maximum Gasteiger partial charge on any atom is 0.139 e. The van der Waals surface area contributed by atoms with Gasteiger partial charge in [0, 0.05) is 27.2 Å². The number of para-hydroxylation sites is 2. The van der Waals surface area contributed by atoms with Crippen LogP contribution < -0.4 is 52.5 Å². The van der Waals surface area contributed by atoms with Crippen molar-refractivity contribution >= 4 is 71.5 Å². The van der Waals surface area contributed by atoms with Crippen molar-refractivity contribution in [2.45, 2.75) is 40.0 Å². The number of fused-ring (bicyclic) bond motifs is 2. The summed E-state index contributed by atoms with van der Waals surface area (Å²) in [5.74, 6) is 2.02. The van der Waals surface area contributed by atoms with Gasteiger partial charge in [-0.1, -0.05) is 244 Å². The first kappa shape index (κ1) is 43.3. The van der Waals surface area contributed by atoms with Gasteiger partial charge in [-0.15, -0.1) is 0 Å². The van der Waals surface area contributed by atoms with Crippen molar-refractivity contribution in [1.29, 1.82) is 0 Å². The van der Waals surface area contributed by atoms with Gasteiger partial charge in [-0.2, -0.15) is 0 Å². The number of hydrogen-bond acceptors (Lipinski definition) is 1. The van der Waals surface area contributed by atoms with Crippen LogP contribution in [0.1, 0.15) is 41.7 Å². The van der Waals surface area contributed by atoms with Crippen molar-refractivity contribution in [3.05, 3.63) is 258 Å². The van der Waals surface area contributed by atoms with Gasteiger partial charge in [0.2, 0.25) is 0 Å². The average Bonchev–Trinajstić information content (AvgIpc) is 3.33. The molecule has 0 aliphatic carbocycles. The van der Waals surface area contributed by atoms with Crippen LogP contribution in [-0.4, -0.2) is 0 Å². The van der Waals surface area contributed by atoms with Crippen LogP contribution in [0.15, 0.2) is 231 Å². The molecular weight excluding hydrogens is 830 g/mol. The van der Waals surface area contributed by atoms with Crippen molar-refractivity contribution in [2.24, 2.45) is 0 Å². The predicted molar refractivity (Wildman–Crippen MR) is 282 cm³/mol. The summed E-state index contributed by atoms with van der Waals surface area (Å²) in [5, 5.41) is 12.2. The number of rotatable bonds is 9. The molecule has 0 N–H and O–H groups in total. The first-order valence-corrected chi connectivity index (χ1v) is 26.1. The minimum atomic E-state index is -0.824. The highest BCUT2D eigenvalue weighted by Gasteiger charge is 2.39. The Balaban J connectivity index is 0.000000198. The number of ether oxygens (including phenoxy) is 1. The summed E-state index contributed by atoms with van der Waals surface area (Å²) >= 11 is 0. The lowest BCUT2D eigenvalue weighted by Crippen LogP contribution is -2.32. The average molecular weight is 883 g/mol. The fourth-order valence-corrected chi connectivity index (χ4v) is 16.4. The summed E-state index contributed by atoms with van der Waals surface area (Å²) in [6.45, 7) is 11.4. The minimum absolute atomic E-state index is 0.225. The topological polar surface area (TPSA) is 9.23 Å². The highest BCUT2D eigenvalue weighted by molar-refractivity contribution is 7.81. The Hall–Kier alpha value is -5.93. The zero-order valence-corrected chi connectivity index (χ0v) is 39.9. The second-order valence-electron chi connectivity index (χ2n) is 16.7. The quantitative estimate of drug-likeness (QED) is 0.131. The van der Waals surface area contributed by atoms with E-state index < -0.39 is 23.8 Å². The lowest BCUT2D eigenvalue weighted by molar-refractivity contribution is 0.425. The van der Waals surface area contributed by atoms with E-state index in [4.69, 9.17) is 4.74 Å². The third kappa shape index (κ3) is 8.79. The molecule has 1 aliphatic rings. The molecule has 1 heterocycles. The molecule has 0 atom stereocenters. The Labute approximate surface area is 384 Å².